The van der Waals surface area contributed by atoms with Gasteiger partial charge in [-0.05, 0) is 32.3 Å². The van der Waals surface area contributed by atoms with Crippen LogP contribution in [0.3, 0.4) is 0 Å². The molecule has 2 aromatic rings. The zero-order valence-corrected chi connectivity index (χ0v) is 18.1. The number of primary amides is 1. The van der Waals surface area contributed by atoms with Gasteiger partial charge in [-0.3, -0.25) is 9.59 Å². The molecule has 29 heavy (non-hydrogen) atoms. The fraction of sp³-hybridized carbons (Fsp3) is 0.500. The van der Waals surface area contributed by atoms with Crippen molar-refractivity contribution in [3.63, 3.8) is 0 Å². The molecule has 0 atom stereocenters. The van der Waals surface area contributed by atoms with E-state index in [9.17, 15) is 14.4 Å². The Bertz CT molecular complexity index is 948. The van der Waals surface area contributed by atoms with Gasteiger partial charge in [-0.25, -0.2) is 4.79 Å². The maximum Gasteiger partial charge on any atom is 0.341 e. The predicted molar refractivity (Wildman–Crippen MR) is 110 cm³/mol. The minimum Gasteiger partial charge on any atom is -0.465 e. The number of methoxy groups -OCH3 is 1. The highest BCUT2D eigenvalue weighted by molar-refractivity contribution is 7.99. The predicted octanol–water partition coefficient (Wildman–Crippen LogP) is 2.23. The molecule has 1 fully saturated rings. The Hall–Kier alpha value is -2.40. The van der Waals surface area contributed by atoms with Gasteiger partial charge in [0.25, 0.3) is 0 Å². The number of hydrogen-bond donors (Lipinski definition) is 2. The van der Waals surface area contributed by atoms with E-state index in [0.717, 1.165) is 29.1 Å². The average Bonchev–Trinajstić information content (AvgIpc) is 3.38. The number of rotatable bonds is 9. The largest absolute Gasteiger partial charge is 0.465 e. The molecule has 1 aliphatic carbocycles. The molecule has 0 aromatic carbocycles. The van der Waals surface area contributed by atoms with E-state index in [1.807, 2.05) is 18.4 Å². The maximum absolute atomic E-state index is 12.5. The first kappa shape index (κ1) is 21.3. The number of ether oxygens (including phenoxy) is 1. The quantitative estimate of drug-likeness (QED) is 0.454. The van der Waals surface area contributed by atoms with Crippen molar-refractivity contribution in [2.45, 2.75) is 50.7 Å². The lowest BCUT2D eigenvalue weighted by atomic mass is 10.1. The molecular formula is C18H23N5O4S2. The van der Waals surface area contributed by atoms with E-state index in [1.165, 1.54) is 30.2 Å². The summed E-state index contributed by atoms with van der Waals surface area (Å²) < 4.78 is 6.70. The van der Waals surface area contributed by atoms with Crippen molar-refractivity contribution >= 4 is 45.9 Å². The Morgan fingerprint density at radius 1 is 1.31 bits per heavy atom. The molecule has 1 saturated carbocycles. The fourth-order valence-electron chi connectivity index (χ4n) is 2.84. The van der Waals surface area contributed by atoms with Crippen molar-refractivity contribution in [1.82, 2.24) is 14.8 Å². The lowest BCUT2D eigenvalue weighted by molar-refractivity contribution is -0.118. The summed E-state index contributed by atoms with van der Waals surface area (Å²) in [7, 11) is 1.31. The molecule has 0 saturated heterocycles. The van der Waals surface area contributed by atoms with Crippen molar-refractivity contribution in [3.8, 4) is 0 Å². The van der Waals surface area contributed by atoms with Gasteiger partial charge in [-0.15, -0.1) is 21.5 Å². The van der Waals surface area contributed by atoms with E-state index in [1.54, 1.807) is 0 Å². The number of nitrogens with one attached hydrogen (secondary N) is 1. The minimum atomic E-state index is -0.477. The van der Waals surface area contributed by atoms with Crippen molar-refractivity contribution in [3.05, 3.63) is 21.8 Å². The number of anilines is 1. The zero-order valence-electron chi connectivity index (χ0n) is 16.5. The van der Waals surface area contributed by atoms with Crippen LogP contribution in [0.5, 0.6) is 0 Å². The van der Waals surface area contributed by atoms with Crippen LogP contribution in [0.1, 0.15) is 51.8 Å². The van der Waals surface area contributed by atoms with Gasteiger partial charge in [0.05, 0.1) is 18.4 Å². The molecule has 1 aliphatic rings. The molecule has 0 unspecified atom stereocenters. The zero-order chi connectivity index (χ0) is 21.1. The number of thioether (sulfide) groups is 1. The molecule has 11 heteroatoms. The number of esters is 1. The van der Waals surface area contributed by atoms with Gasteiger partial charge < -0.3 is 20.4 Å². The van der Waals surface area contributed by atoms with Crippen molar-refractivity contribution in [2.75, 3.05) is 18.2 Å². The molecule has 0 aliphatic heterocycles. The minimum absolute atomic E-state index is 0.0932. The molecule has 156 valence electrons. The lowest BCUT2D eigenvalue weighted by Crippen LogP contribution is -2.17. The van der Waals surface area contributed by atoms with E-state index in [4.69, 9.17) is 10.5 Å². The van der Waals surface area contributed by atoms with Crippen LogP contribution in [-0.2, 0) is 20.9 Å². The van der Waals surface area contributed by atoms with Gasteiger partial charge >= 0.3 is 5.97 Å². The summed E-state index contributed by atoms with van der Waals surface area (Å²) in [4.78, 5) is 36.6. The topological polar surface area (TPSA) is 129 Å². The van der Waals surface area contributed by atoms with Gasteiger partial charge in [0.1, 0.15) is 10.8 Å². The second-order valence-corrected chi connectivity index (χ2v) is 8.97. The molecule has 2 aromatic heterocycles. The van der Waals surface area contributed by atoms with Gasteiger partial charge in [0, 0.05) is 23.8 Å². The Balaban J connectivity index is 1.68. The fourth-order valence-corrected chi connectivity index (χ4v) is 4.67. The van der Waals surface area contributed by atoms with Crippen LogP contribution in [-0.4, -0.2) is 45.4 Å². The second kappa shape index (κ2) is 8.95. The molecule has 0 bridgehead atoms. The van der Waals surface area contributed by atoms with Crippen LogP contribution in [0.2, 0.25) is 0 Å². The average molecular weight is 438 g/mol. The van der Waals surface area contributed by atoms with Crippen LogP contribution < -0.4 is 11.1 Å². The molecule has 0 spiro atoms. The summed E-state index contributed by atoms with van der Waals surface area (Å²) in [6.45, 7) is 4.11. The van der Waals surface area contributed by atoms with Gasteiger partial charge in [-0.1, -0.05) is 11.8 Å². The summed E-state index contributed by atoms with van der Waals surface area (Å²) in [5, 5.41) is 12.3. The third kappa shape index (κ3) is 4.96. The number of carbonyl (C=O) groups is 3. The van der Waals surface area contributed by atoms with Crippen LogP contribution >= 0.6 is 23.1 Å². The van der Waals surface area contributed by atoms with Crippen LogP contribution in [0.15, 0.2) is 5.16 Å². The van der Waals surface area contributed by atoms with Crippen LogP contribution in [0, 0.1) is 13.8 Å². The first-order valence-corrected chi connectivity index (χ1v) is 10.9. The maximum atomic E-state index is 12.5. The summed E-state index contributed by atoms with van der Waals surface area (Å²) in [5.41, 5.74) is 6.45. The van der Waals surface area contributed by atoms with Crippen LogP contribution in [0.25, 0.3) is 0 Å². The molecule has 2 amide bonds. The highest BCUT2D eigenvalue weighted by Crippen LogP contribution is 2.40. The number of amides is 2. The summed E-state index contributed by atoms with van der Waals surface area (Å²) >= 11 is 2.58. The van der Waals surface area contributed by atoms with Crippen molar-refractivity contribution in [1.29, 1.82) is 0 Å². The Kier molecular flexibility index (Phi) is 6.58. The van der Waals surface area contributed by atoms with Gasteiger partial charge in [0.15, 0.2) is 5.16 Å². The standard InChI is InChI=1S/C18H23N5O4S2/c1-9-10(2)29-16(14(9)17(26)27-3)20-13(25)8-28-18-22-21-15(11-4-5-11)23(18)7-6-12(19)24/h11H,4-8H2,1-3H3,(H2,19,24)(H,20,25). The first-order chi connectivity index (χ1) is 13.8. The van der Waals surface area contributed by atoms with E-state index in [0.29, 0.717) is 28.2 Å². The number of thiophene rings is 1. The van der Waals surface area contributed by atoms with E-state index in [-0.39, 0.29) is 18.1 Å². The van der Waals surface area contributed by atoms with E-state index < -0.39 is 11.9 Å². The first-order valence-electron chi connectivity index (χ1n) is 9.14. The number of aromatic nitrogens is 3. The molecule has 2 heterocycles. The molecule has 3 rings (SSSR count). The molecular weight excluding hydrogens is 414 g/mol. The number of nitrogens with zero attached hydrogens (tertiary/aromatic N) is 3. The Morgan fingerprint density at radius 3 is 2.66 bits per heavy atom. The highest BCUT2D eigenvalue weighted by atomic mass is 32.2. The normalized spacial score (nSPS) is 13.3. The smallest absolute Gasteiger partial charge is 0.341 e. The lowest BCUT2D eigenvalue weighted by Gasteiger charge is -2.09. The summed E-state index contributed by atoms with van der Waals surface area (Å²) in [6, 6.07) is 0. The van der Waals surface area contributed by atoms with Crippen molar-refractivity contribution in [2.24, 2.45) is 5.73 Å². The molecule has 0 radical (unpaired) electrons. The second-order valence-electron chi connectivity index (χ2n) is 6.80. The van der Waals surface area contributed by atoms with Crippen LogP contribution in [0.4, 0.5) is 5.00 Å². The SMILES string of the molecule is COC(=O)c1c(NC(=O)CSc2nnc(C3CC3)n2CCC(N)=O)sc(C)c1C. The molecule has 3 N–H and O–H groups in total. The number of aryl methyl sites for hydroxylation is 1. The third-order valence-corrected chi connectivity index (χ3v) is 6.72. The number of nitrogens with two attached hydrogens (primary N) is 1. The Labute approximate surface area is 176 Å². The third-order valence-electron chi connectivity index (χ3n) is 4.63. The van der Waals surface area contributed by atoms with E-state index >= 15 is 0 Å². The molecule has 9 nitrogen and oxygen atoms in total. The monoisotopic (exact) mass is 437 g/mol. The van der Waals surface area contributed by atoms with Gasteiger partial charge in [-0.2, -0.15) is 0 Å². The summed E-state index contributed by atoms with van der Waals surface area (Å²) in [5.74, 6) is 0.155. The Morgan fingerprint density at radius 2 is 2.03 bits per heavy atom. The van der Waals surface area contributed by atoms with E-state index in [2.05, 4.69) is 15.5 Å². The van der Waals surface area contributed by atoms with Gasteiger partial charge in [0.2, 0.25) is 11.8 Å². The summed E-state index contributed by atoms with van der Waals surface area (Å²) in [6.07, 6.45) is 2.29. The number of hydrogen-bond acceptors (Lipinski definition) is 8. The number of carbonyl (C=O) groups excluding carboxylic acids is 3. The van der Waals surface area contributed by atoms with Crippen molar-refractivity contribution < 1.29 is 19.1 Å². The highest BCUT2D eigenvalue weighted by Gasteiger charge is 2.30.